The molecule has 0 aliphatic heterocycles. The van der Waals surface area contributed by atoms with Crippen LogP contribution in [0.5, 0.6) is 0 Å². The van der Waals surface area contributed by atoms with Gasteiger partial charge in [0.1, 0.15) is 0 Å². The lowest BCUT2D eigenvalue weighted by Crippen LogP contribution is -2.15. The Balaban J connectivity index is 1.99. The van der Waals surface area contributed by atoms with E-state index in [1.807, 2.05) is 19.9 Å². The lowest BCUT2D eigenvalue weighted by molar-refractivity contribution is -0.144. The van der Waals surface area contributed by atoms with Crippen molar-refractivity contribution in [2.24, 2.45) is 0 Å². The van der Waals surface area contributed by atoms with Crippen molar-refractivity contribution in [1.82, 2.24) is 0 Å². The van der Waals surface area contributed by atoms with Gasteiger partial charge < -0.3 is 10.1 Å². The minimum Gasteiger partial charge on any atom is -0.466 e. The quantitative estimate of drug-likeness (QED) is 0.657. The second-order valence-corrected chi connectivity index (χ2v) is 7.96. The fourth-order valence-corrected chi connectivity index (χ4v) is 3.46. The molecule has 0 aromatic heterocycles. The fraction of sp³-hybridized carbons (Fsp3) is 0.300. The number of carbonyl (C=O) groups is 2. The van der Waals surface area contributed by atoms with Crippen LogP contribution >= 0.6 is 0 Å². The Hall–Kier alpha value is -2.87. The number of nitrogens with one attached hydrogen (secondary N) is 2. The number of ether oxygens (including phenoxy) is 1. The zero-order valence-electron chi connectivity index (χ0n) is 16.1. The van der Waals surface area contributed by atoms with Crippen LogP contribution in [0.15, 0.2) is 47.4 Å². The molecule has 0 saturated carbocycles. The average Bonchev–Trinajstić information content (AvgIpc) is 2.63. The van der Waals surface area contributed by atoms with Gasteiger partial charge >= 0.3 is 5.97 Å². The van der Waals surface area contributed by atoms with Crippen LogP contribution in [0.2, 0.25) is 0 Å². The van der Waals surface area contributed by atoms with Gasteiger partial charge in [0, 0.05) is 17.8 Å². The van der Waals surface area contributed by atoms with Crippen LogP contribution in [0.1, 0.15) is 30.9 Å². The summed E-state index contributed by atoms with van der Waals surface area (Å²) in [5.41, 5.74) is 2.99. The van der Waals surface area contributed by atoms with Gasteiger partial charge in [-0.25, -0.2) is 8.42 Å². The van der Waals surface area contributed by atoms with Crippen molar-refractivity contribution >= 4 is 33.3 Å². The number of rotatable bonds is 8. The van der Waals surface area contributed by atoms with Crippen LogP contribution in [0.25, 0.3) is 0 Å². The fourth-order valence-electron chi connectivity index (χ4n) is 2.41. The molecule has 8 heteroatoms. The van der Waals surface area contributed by atoms with E-state index in [1.54, 1.807) is 19.1 Å². The van der Waals surface area contributed by atoms with Gasteiger partial charge in [-0.3, -0.25) is 14.3 Å². The molecule has 0 aliphatic rings. The van der Waals surface area contributed by atoms with E-state index in [2.05, 4.69) is 10.0 Å². The van der Waals surface area contributed by atoms with E-state index in [4.69, 9.17) is 4.74 Å². The van der Waals surface area contributed by atoms with Gasteiger partial charge in [0.05, 0.1) is 17.9 Å². The van der Waals surface area contributed by atoms with Gasteiger partial charge in [0.15, 0.2) is 0 Å². The molecule has 0 fully saturated rings. The third kappa shape index (κ3) is 6.09. The SMILES string of the molecule is CCOC(=O)CCC(=O)Nc1ccc(S(=O)(=O)Nc2ccc(C)c(C)c2)cc1. The van der Waals surface area contributed by atoms with Crippen LogP contribution in [-0.4, -0.2) is 26.9 Å². The molecular formula is C20H24N2O5S. The molecule has 2 aromatic carbocycles. The highest BCUT2D eigenvalue weighted by atomic mass is 32.2. The molecule has 2 aromatic rings. The number of anilines is 2. The highest BCUT2D eigenvalue weighted by Crippen LogP contribution is 2.20. The first-order valence-corrected chi connectivity index (χ1v) is 10.3. The first-order chi connectivity index (χ1) is 13.2. The van der Waals surface area contributed by atoms with Crippen molar-refractivity contribution in [3.8, 4) is 0 Å². The maximum atomic E-state index is 12.5. The van der Waals surface area contributed by atoms with E-state index in [0.29, 0.717) is 11.4 Å². The number of sulfonamides is 1. The summed E-state index contributed by atoms with van der Waals surface area (Å²) in [6.07, 6.45) is -0.0146. The number of aryl methyl sites for hydroxylation is 2. The Bertz CT molecular complexity index is 953. The number of esters is 1. The predicted octanol–water partition coefficient (Wildman–Crippen LogP) is 3.39. The molecule has 1 amide bonds. The van der Waals surface area contributed by atoms with Crippen LogP contribution in [0.3, 0.4) is 0 Å². The first kappa shape index (κ1) is 21.4. The van der Waals surface area contributed by atoms with Crippen molar-refractivity contribution in [2.75, 3.05) is 16.6 Å². The lowest BCUT2D eigenvalue weighted by atomic mass is 10.1. The number of hydrogen-bond donors (Lipinski definition) is 2. The zero-order chi connectivity index (χ0) is 20.7. The second kappa shape index (κ2) is 9.36. The molecule has 0 bridgehead atoms. The predicted molar refractivity (Wildman–Crippen MR) is 108 cm³/mol. The number of benzene rings is 2. The van der Waals surface area contributed by atoms with Gasteiger partial charge in [-0.05, 0) is 68.3 Å². The van der Waals surface area contributed by atoms with Crippen LogP contribution < -0.4 is 10.0 Å². The summed E-state index contributed by atoms with van der Waals surface area (Å²) in [6, 6.07) is 11.1. The van der Waals surface area contributed by atoms with Gasteiger partial charge in [-0.2, -0.15) is 0 Å². The molecule has 0 atom stereocenters. The number of carbonyl (C=O) groups excluding carboxylic acids is 2. The average molecular weight is 404 g/mol. The van der Waals surface area contributed by atoms with E-state index < -0.39 is 16.0 Å². The summed E-state index contributed by atoms with van der Waals surface area (Å²) in [5.74, 6) is -0.784. The first-order valence-electron chi connectivity index (χ1n) is 8.87. The minimum atomic E-state index is -3.74. The molecule has 7 nitrogen and oxygen atoms in total. The van der Waals surface area contributed by atoms with E-state index in [9.17, 15) is 18.0 Å². The molecule has 2 N–H and O–H groups in total. The maximum absolute atomic E-state index is 12.5. The summed E-state index contributed by atoms with van der Waals surface area (Å²) < 4.78 is 32.3. The molecule has 0 saturated heterocycles. The smallest absolute Gasteiger partial charge is 0.306 e. The van der Waals surface area contributed by atoms with Gasteiger partial charge in [-0.15, -0.1) is 0 Å². The Labute approximate surface area is 165 Å². The third-order valence-electron chi connectivity index (χ3n) is 4.07. The van der Waals surface area contributed by atoms with Crippen LogP contribution in [-0.2, 0) is 24.3 Å². The summed E-state index contributed by atoms with van der Waals surface area (Å²) in [5, 5.41) is 2.62. The van der Waals surface area contributed by atoms with Crippen molar-refractivity contribution in [1.29, 1.82) is 0 Å². The Kier molecular flexibility index (Phi) is 7.17. The van der Waals surface area contributed by atoms with Gasteiger partial charge in [0.2, 0.25) is 5.91 Å². The molecule has 0 aliphatic carbocycles. The Morgan fingerprint density at radius 1 is 0.929 bits per heavy atom. The summed E-state index contributed by atoms with van der Waals surface area (Å²) >= 11 is 0. The monoisotopic (exact) mass is 404 g/mol. The molecule has 0 heterocycles. The number of hydrogen-bond acceptors (Lipinski definition) is 5. The van der Waals surface area contributed by atoms with Crippen molar-refractivity contribution in [3.63, 3.8) is 0 Å². The minimum absolute atomic E-state index is 0.00673. The Morgan fingerprint density at radius 2 is 1.57 bits per heavy atom. The van der Waals surface area contributed by atoms with Crippen molar-refractivity contribution in [3.05, 3.63) is 53.6 Å². The van der Waals surface area contributed by atoms with Crippen molar-refractivity contribution in [2.45, 2.75) is 38.5 Å². The summed E-state index contributed by atoms with van der Waals surface area (Å²) in [6.45, 7) is 5.83. The van der Waals surface area contributed by atoms with Crippen LogP contribution in [0.4, 0.5) is 11.4 Å². The third-order valence-corrected chi connectivity index (χ3v) is 5.47. The highest BCUT2D eigenvalue weighted by molar-refractivity contribution is 7.92. The van der Waals surface area contributed by atoms with Gasteiger partial charge in [0.25, 0.3) is 10.0 Å². The van der Waals surface area contributed by atoms with E-state index in [-0.39, 0.29) is 30.3 Å². The summed E-state index contributed by atoms with van der Waals surface area (Å²) in [7, 11) is -3.74. The zero-order valence-corrected chi connectivity index (χ0v) is 16.9. The standard InChI is InChI=1S/C20H24N2O5S/c1-4-27-20(24)12-11-19(23)21-16-7-9-18(10-8-16)28(25,26)22-17-6-5-14(2)15(3)13-17/h5-10,13,22H,4,11-12H2,1-3H3,(H,21,23). The normalized spacial score (nSPS) is 11.0. The molecular weight excluding hydrogens is 380 g/mol. The molecule has 0 spiro atoms. The Morgan fingerprint density at radius 3 is 2.18 bits per heavy atom. The summed E-state index contributed by atoms with van der Waals surface area (Å²) in [4.78, 5) is 23.2. The maximum Gasteiger partial charge on any atom is 0.306 e. The highest BCUT2D eigenvalue weighted by Gasteiger charge is 2.15. The number of amides is 1. The molecule has 0 radical (unpaired) electrons. The second-order valence-electron chi connectivity index (χ2n) is 6.28. The van der Waals surface area contributed by atoms with Gasteiger partial charge in [-0.1, -0.05) is 6.07 Å². The molecule has 150 valence electrons. The van der Waals surface area contributed by atoms with E-state index >= 15 is 0 Å². The van der Waals surface area contributed by atoms with E-state index in [1.165, 1.54) is 24.3 Å². The topological polar surface area (TPSA) is 102 Å². The molecule has 0 unspecified atom stereocenters. The lowest BCUT2D eigenvalue weighted by Gasteiger charge is -2.11. The molecule has 28 heavy (non-hydrogen) atoms. The van der Waals surface area contributed by atoms with Crippen LogP contribution in [0, 0.1) is 13.8 Å². The largest absolute Gasteiger partial charge is 0.466 e. The van der Waals surface area contributed by atoms with E-state index in [0.717, 1.165) is 11.1 Å². The molecule has 2 rings (SSSR count). The van der Waals surface area contributed by atoms with Crippen molar-refractivity contribution < 1.29 is 22.7 Å².